The van der Waals surface area contributed by atoms with E-state index in [1.807, 2.05) is 12.1 Å². The molecular formula is C23H32N4O2. The highest BCUT2D eigenvalue weighted by atomic mass is 16.5. The van der Waals surface area contributed by atoms with Gasteiger partial charge < -0.3 is 10.6 Å². The molecular weight excluding hydrogens is 364 g/mol. The Morgan fingerprint density at radius 3 is 2.48 bits per heavy atom. The van der Waals surface area contributed by atoms with Gasteiger partial charge in [-0.25, -0.2) is 10.5 Å². The minimum Gasteiger partial charge on any atom is -0.363 e. The highest BCUT2D eigenvalue weighted by molar-refractivity contribution is 5.90. The van der Waals surface area contributed by atoms with Gasteiger partial charge >= 0.3 is 0 Å². The van der Waals surface area contributed by atoms with Gasteiger partial charge in [0.2, 0.25) is 0 Å². The summed E-state index contributed by atoms with van der Waals surface area (Å²) < 4.78 is 0. The molecule has 0 unspecified atom stereocenters. The summed E-state index contributed by atoms with van der Waals surface area (Å²) in [5.74, 6) is 3.30. The van der Waals surface area contributed by atoms with Crippen LogP contribution in [-0.2, 0) is 4.79 Å². The molecule has 4 aliphatic carbocycles. The van der Waals surface area contributed by atoms with Crippen molar-refractivity contribution in [1.29, 1.82) is 0 Å². The minimum atomic E-state index is -0.543. The number of nitrogens with one attached hydrogen (secondary N) is 3. The summed E-state index contributed by atoms with van der Waals surface area (Å²) >= 11 is 0. The topological polar surface area (TPSA) is 86.3 Å². The maximum Gasteiger partial charge on any atom is 0.267 e. The number of hydrogen-bond donors (Lipinski definition) is 4. The Balaban J connectivity index is 1.30. The molecule has 6 heteroatoms. The standard InChI is InChI=1S/C23H32N4O2/c28-21(27-29)4-2-16-1-3-20(25-13-16)26-23(5-6-24-15-23)14-22-10-17-7-18(11-22)9-19(8-17)12-22/h1-4,13,17-19,24,29H,5-12,14-15H2,(H,25,26)(H,27,28)/b4-2+/t17?,18?,19?,22?,23-/m0/s1. The molecule has 1 saturated heterocycles. The van der Waals surface area contributed by atoms with Crippen molar-refractivity contribution in [1.82, 2.24) is 15.8 Å². The quantitative estimate of drug-likeness (QED) is 0.337. The number of aromatic nitrogens is 1. The molecule has 4 bridgehead atoms. The summed E-state index contributed by atoms with van der Waals surface area (Å²) in [6.07, 6.45) is 15.9. The maximum absolute atomic E-state index is 11.1. The van der Waals surface area contributed by atoms with Gasteiger partial charge in [0, 0.05) is 18.8 Å². The Hall–Kier alpha value is -1.92. The number of carbonyl (C=O) groups is 1. The Kier molecular flexibility index (Phi) is 4.87. The van der Waals surface area contributed by atoms with Gasteiger partial charge in [-0.3, -0.25) is 10.0 Å². The van der Waals surface area contributed by atoms with E-state index >= 15 is 0 Å². The van der Waals surface area contributed by atoms with Crippen molar-refractivity contribution in [3.63, 3.8) is 0 Å². The predicted octanol–water partition coefficient (Wildman–Crippen LogP) is 3.35. The molecule has 29 heavy (non-hydrogen) atoms. The highest BCUT2D eigenvalue weighted by Gasteiger charge is 2.54. The third-order valence-corrected chi connectivity index (χ3v) is 7.84. The van der Waals surface area contributed by atoms with Gasteiger partial charge in [-0.2, -0.15) is 0 Å². The molecule has 1 aromatic rings. The fourth-order valence-corrected chi connectivity index (χ4v) is 7.33. The van der Waals surface area contributed by atoms with Gasteiger partial charge in [0.1, 0.15) is 5.82 Å². The van der Waals surface area contributed by atoms with Crippen molar-refractivity contribution in [2.24, 2.45) is 23.2 Å². The van der Waals surface area contributed by atoms with Gasteiger partial charge in [0.15, 0.2) is 0 Å². The number of amides is 1. The van der Waals surface area contributed by atoms with E-state index in [9.17, 15) is 4.79 Å². The molecule has 2 heterocycles. The lowest BCUT2D eigenvalue weighted by molar-refractivity contribution is -0.124. The molecule has 1 aromatic heterocycles. The molecule has 4 N–H and O–H groups in total. The molecule has 5 fully saturated rings. The molecule has 6 rings (SSSR count). The molecule has 5 aliphatic rings. The first kappa shape index (κ1) is 19.1. The van der Waals surface area contributed by atoms with E-state index in [0.717, 1.165) is 48.6 Å². The number of anilines is 1. The van der Waals surface area contributed by atoms with E-state index in [-0.39, 0.29) is 5.54 Å². The van der Waals surface area contributed by atoms with Gasteiger partial charge in [0.25, 0.3) is 5.91 Å². The molecule has 156 valence electrons. The third kappa shape index (κ3) is 3.92. The van der Waals surface area contributed by atoms with Crippen LogP contribution in [0.15, 0.2) is 24.4 Å². The van der Waals surface area contributed by atoms with Crippen LogP contribution < -0.4 is 16.1 Å². The zero-order valence-electron chi connectivity index (χ0n) is 17.0. The van der Waals surface area contributed by atoms with Crippen LogP contribution in [0.1, 0.15) is 56.9 Å². The highest BCUT2D eigenvalue weighted by Crippen LogP contribution is 2.62. The number of hydrogen-bond acceptors (Lipinski definition) is 5. The van der Waals surface area contributed by atoms with E-state index in [2.05, 4.69) is 15.6 Å². The average molecular weight is 397 g/mol. The summed E-state index contributed by atoms with van der Waals surface area (Å²) in [4.78, 5) is 15.7. The zero-order chi connectivity index (χ0) is 19.9. The largest absolute Gasteiger partial charge is 0.363 e. The molecule has 0 aromatic carbocycles. The molecule has 0 spiro atoms. The second kappa shape index (κ2) is 7.40. The normalized spacial score (nSPS) is 37.9. The number of nitrogens with zero attached hydrogens (tertiary/aromatic N) is 1. The first-order valence-corrected chi connectivity index (χ1v) is 11.1. The zero-order valence-corrected chi connectivity index (χ0v) is 17.0. The first-order valence-electron chi connectivity index (χ1n) is 11.1. The second-order valence-electron chi connectivity index (χ2n) is 10.2. The summed E-state index contributed by atoms with van der Waals surface area (Å²) in [6, 6.07) is 3.95. The maximum atomic E-state index is 11.1. The summed E-state index contributed by atoms with van der Waals surface area (Å²) in [6.45, 7) is 2.07. The van der Waals surface area contributed by atoms with Crippen LogP contribution in [0, 0.1) is 23.2 Å². The smallest absolute Gasteiger partial charge is 0.267 e. The van der Waals surface area contributed by atoms with Crippen LogP contribution >= 0.6 is 0 Å². The van der Waals surface area contributed by atoms with Crippen LogP contribution in [0.4, 0.5) is 5.82 Å². The summed E-state index contributed by atoms with van der Waals surface area (Å²) in [5, 5.41) is 16.0. The van der Waals surface area contributed by atoms with E-state index < -0.39 is 5.91 Å². The first-order chi connectivity index (χ1) is 14.1. The number of pyridine rings is 1. The van der Waals surface area contributed by atoms with Gasteiger partial charge in [-0.15, -0.1) is 0 Å². The molecule has 6 nitrogen and oxygen atoms in total. The van der Waals surface area contributed by atoms with Crippen molar-refractivity contribution >= 4 is 17.8 Å². The Morgan fingerprint density at radius 1 is 1.21 bits per heavy atom. The SMILES string of the molecule is O=C(/C=C/c1ccc(N[C@]2(CC34CC5CC(CC(C5)C3)C4)CCNC2)nc1)NO. The lowest BCUT2D eigenvalue weighted by Gasteiger charge is -2.59. The minimum absolute atomic E-state index is 0.0901. The molecule has 1 aliphatic heterocycles. The summed E-state index contributed by atoms with van der Waals surface area (Å²) in [5.41, 5.74) is 3.05. The third-order valence-electron chi connectivity index (χ3n) is 7.84. The number of hydroxylamine groups is 1. The van der Waals surface area contributed by atoms with Gasteiger partial charge in [-0.1, -0.05) is 0 Å². The molecule has 0 radical (unpaired) electrons. The van der Waals surface area contributed by atoms with Crippen molar-refractivity contribution < 1.29 is 10.0 Å². The van der Waals surface area contributed by atoms with Gasteiger partial charge in [0.05, 0.1) is 5.54 Å². The molecule has 4 saturated carbocycles. The van der Waals surface area contributed by atoms with Crippen LogP contribution in [0.25, 0.3) is 6.08 Å². The number of carbonyl (C=O) groups excluding carboxylic acids is 1. The lowest BCUT2D eigenvalue weighted by Crippen LogP contribution is -2.52. The van der Waals surface area contributed by atoms with Gasteiger partial charge in [-0.05, 0) is 105 Å². The predicted molar refractivity (Wildman–Crippen MR) is 112 cm³/mol. The monoisotopic (exact) mass is 396 g/mol. The van der Waals surface area contributed by atoms with Crippen LogP contribution in [0.3, 0.4) is 0 Å². The second-order valence-corrected chi connectivity index (χ2v) is 10.2. The van der Waals surface area contributed by atoms with Crippen LogP contribution in [0.5, 0.6) is 0 Å². The van der Waals surface area contributed by atoms with Crippen LogP contribution in [0.2, 0.25) is 0 Å². The van der Waals surface area contributed by atoms with Crippen molar-refractivity contribution in [3.05, 3.63) is 30.0 Å². The van der Waals surface area contributed by atoms with E-state index in [0.29, 0.717) is 5.41 Å². The molecule has 1 atom stereocenters. The van der Waals surface area contributed by atoms with Crippen molar-refractivity contribution in [3.8, 4) is 0 Å². The van der Waals surface area contributed by atoms with E-state index in [1.54, 1.807) is 17.8 Å². The van der Waals surface area contributed by atoms with E-state index in [1.165, 1.54) is 51.0 Å². The van der Waals surface area contributed by atoms with E-state index in [4.69, 9.17) is 5.21 Å². The van der Waals surface area contributed by atoms with Crippen molar-refractivity contribution in [2.75, 3.05) is 18.4 Å². The lowest BCUT2D eigenvalue weighted by atomic mass is 9.47. The Labute approximate surface area is 172 Å². The average Bonchev–Trinajstić information content (AvgIpc) is 3.13. The van der Waals surface area contributed by atoms with Crippen LogP contribution in [-0.4, -0.2) is 34.7 Å². The summed E-state index contributed by atoms with van der Waals surface area (Å²) in [7, 11) is 0. The molecule has 1 amide bonds. The fraction of sp³-hybridized carbons (Fsp3) is 0.652. The van der Waals surface area contributed by atoms with Crippen molar-refractivity contribution in [2.45, 2.75) is 56.9 Å². The number of rotatable bonds is 6. The fourth-order valence-electron chi connectivity index (χ4n) is 7.33. The Morgan fingerprint density at radius 2 is 1.93 bits per heavy atom. The Bertz CT molecular complexity index is 747.